The second-order valence-electron chi connectivity index (χ2n) is 22.5. The third-order valence-electron chi connectivity index (χ3n) is 16.1. The maximum Gasteiger partial charge on any atom is 0.509 e. The predicted octanol–water partition coefficient (Wildman–Crippen LogP) is 13.8. The molecule has 4 aliphatic carbocycles. The molecule has 0 saturated heterocycles. The average molecular weight is 909 g/mol. The zero-order valence-corrected chi connectivity index (χ0v) is 42.7. The minimum atomic E-state index is -4.46. The zero-order valence-electron chi connectivity index (χ0n) is 41.8. The average Bonchev–Trinajstić information content (AvgIpc) is 3.57. The Hall–Kier alpha value is -1.45. The molecule has 0 aromatic rings. The lowest BCUT2D eigenvalue weighted by Gasteiger charge is -2.58. The number of rotatable bonds is 30. The molecule has 1 N–H and O–H groups in total. The number of phosphoric ester groups is 1. The van der Waals surface area contributed by atoms with Gasteiger partial charge in [0, 0.05) is 12.8 Å². The summed E-state index contributed by atoms with van der Waals surface area (Å²) in [6.07, 6.45) is 29.1. The highest BCUT2D eigenvalue weighted by molar-refractivity contribution is 7.47. The highest BCUT2D eigenvalue weighted by Gasteiger charge is 2.59. The molecule has 0 aliphatic heterocycles. The van der Waals surface area contributed by atoms with Crippen LogP contribution in [0.2, 0.25) is 0 Å². The molecule has 0 aromatic carbocycles. The molecule has 0 bridgehead atoms. The van der Waals surface area contributed by atoms with E-state index >= 15 is 0 Å². The molecule has 0 aromatic heterocycles. The number of carbonyl (C=O) groups is 2. The second-order valence-corrected chi connectivity index (χ2v) is 24.0. The number of phosphoric acid groups is 1. The number of nitrogens with zero attached hydrogens (tertiary/aromatic N) is 1. The van der Waals surface area contributed by atoms with Gasteiger partial charge in [0.25, 0.3) is 0 Å². The number of quaternary nitrogens is 1. The first-order valence-corrected chi connectivity index (χ1v) is 27.5. The van der Waals surface area contributed by atoms with Crippen LogP contribution in [0.15, 0.2) is 11.6 Å². The summed E-state index contributed by atoms with van der Waals surface area (Å²) in [7, 11) is 1.40. The van der Waals surface area contributed by atoms with Gasteiger partial charge in [0.2, 0.25) is 0 Å². The van der Waals surface area contributed by atoms with Gasteiger partial charge in [0.1, 0.15) is 25.9 Å². The highest BCUT2D eigenvalue weighted by Crippen LogP contribution is 2.67. The molecule has 3 saturated carbocycles. The van der Waals surface area contributed by atoms with Gasteiger partial charge in [-0.3, -0.25) is 13.8 Å². The molecule has 0 radical (unpaired) electrons. The highest BCUT2D eigenvalue weighted by atomic mass is 31.2. The summed E-state index contributed by atoms with van der Waals surface area (Å²) in [5.74, 6) is 4.17. The lowest BCUT2D eigenvalue weighted by Crippen LogP contribution is -2.51. The minimum Gasteiger partial charge on any atom is -0.462 e. The van der Waals surface area contributed by atoms with Gasteiger partial charge in [-0.15, -0.1) is 0 Å². The van der Waals surface area contributed by atoms with Crippen molar-refractivity contribution in [2.45, 2.75) is 214 Å². The van der Waals surface area contributed by atoms with E-state index in [1.54, 1.807) is 0 Å². The largest absolute Gasteiger partial charge is 0.509 e. The van der Waals surface area contributed by atoms with Crippen molar-refractivity contribution in [2.24, 2.45) is 46.3 Å². The van der Waals surface area contributed by atoms with E-state index in [-0.39, 0.29) is 31.2 Å². The first-order chi connectivity index (χ1) is 29.9. The first kappa shape index (κ1) is 54.2. The summed E-state index contributed by atoms with van der Waals surface area (Å²) in [6.45, 7) is 14.3. The van der Waals surface area contributed by atoms with Gasteiger partial charge in [-0.05, 0) is 97.7 Å². The lowest BCUT2D eigenvalue weighted by atomic mass is 9.47. The molecule has 10 nitrogen and oxygen atoms in total. The summed E-state index contributed by atoms with van der Waals surface area (Å²) < 4.78 is 40.9. The summed E-state index contributed by atoms with van der Waals surface area (Å²) in [5, 5.41) is 0. The van der Waals surface area contributed by atoms with Crippen LogP contribution in [0.25, 0.3) is 0 Å². The Morgan fingerprint density at radius 2 is 1.46 bits per heavy atom. The van der Waals surface area contributed by atoms with Crippen molar-refractivity contribution in [3.05, 3.63) is 11.6 Å². The van der Waals surface area contributed by atoms with E-state index in [0.717, 1.165) is 68.1 Å². The van der Waals surface area contributed by atoms with E-state index in [2.05, 4.69) is 47.6 Å². The molecule has 63 heavy (non-hydrogen) atoms. The molecule has 366 valence electrons. The maximum atomic E-state index is 13.4. The van der Waals surface area contributed by atoms with Crippen LogP contribution in [0, 0.1) is 46.3 Å². The smallest absolute Gasteiger partial charge is 0.462 e. The van der Waals surface area contributed by atoms with Crippen molar-refractivity contribution in [3.63, 3.8) is 0 Å². The van der Waals surface area contributed by atoms with Crippen LogP contribution < -0.4 is 0 Å². The number of likely N-dealkylation sites (N-methyl/N-ethyl adjacent to an activating group) is 1. The molecule has 4 aliphatic rings. The number of ether oxygens (including phenoxy) is 3. The number of fused-ring (bicyclic) bond motifs is 5. The quantitative estimate of drug-likeness (QED) is 0.0247. The first-order valence-electron chi connectivity index (χ1n) is 26.0. The number of carbonyl (C=O) groups excluding carboxylic acids is 2. The number of esters is 1. The summed E-state index contributed by atoms with van der Waals surface area (Å²) in [4.78, 5) is 36.5. The predicted molar refractivity (Wildman–Crippen MR) is 254 cm³/mol. The third-order valence-corrected chi connectivity index (χ3v) is 17.1. The summed E-state index contributed by atoms with van der Waals surface area (Å²) in [6, 6.07) is 0. The Balaban J connectivity index is 1.25. The van der Waals surface area contributed by atoms with Gasteiger partial charge < -0.3 is 23.6 Å². The van der Waals surface area contributed by atoms with Crippen LogP contribution in [-0.2, 0) is 32.6 Å². The van der Waals surface area contributed by atoms with Crippen LogP contribution in [-0.4, -0.2) is 81.2 Å². The van der Waals surface area contributed by atoms with E-state index in [0.29, 0.717) is 28.8 Å². The molecule has 0 heterocycles. The SMILES string of the molecule is CCCCCCCCCCCCCCCC(=O)OC[C@H](COP(=O)(O)OCC[N+](C)(C)C)OC(=O)OC1CC[C@]2(C)C(=CCC3C2CC[C@]2(C)C3CC[C@H]2[C@@H](C)CCCC(C)C)C1. The fraction of sp³-hybridized carbons (Fsp3) is 0.923. The van der Waals surface area contributed by atoms with Crippen LogP contribution in [0.4, 0.5) is 4.79 Å². The molecule has 0 spiro atoms. The Morgan fingerprint density at radius 1 is 0.810 bits per heavy atom. The van der Waals surface area contributed by atoms with Crippen molar-refractivity contribution in [2.75, 3.05) is 47.5 Å². The van der Waals surface area contributed by atoms with Gasteiger partial charge in [0.15, 0.2) is 6.10 Å². The normalized spacial score (nSPS) is 28.9. The topological polar surface area (TPSA) is 118 Å². The van der Waals surface area contributed by atoms with Crippen LogP contribution in [0.3, 0.4) is 0 Å². The Kier molecular flexibility index (Phi) is 22.5. The fourth-order valence-electron chi connectivity index (χ4n) is 12.4. The number of hydrogen-bond donors (Lipinski definition) is 1. The molecule has 4 rings (SSSR count). The van der Waals surface area contributed by atoms with E-state index in [1.165, 1.54) is 115 Å². The van der Waals surface area contributed by atoms with E-state index in [9.17, 15) is 19.0 Å². The molecular formula is C52H95NO9P+. The molecule has 0 amide bonds. The van der Waals surface area contributed by atoms with E-state index < -0.39 is 32.7 Å². The van der Waals surface area contributed by atoms with Crippen molar-refractivity contribution in [3.8, 4) is 0 Å². The molecule has 5 unspecified atom stereocenters. The Labute approximate surface area is 385 Å². The van der Waals surface area contributed by atoms with E-state index in [4.69, 9.17) is 23.3 Å². The monoisotopic (exact) mass is 909 g/mol. The van der Waals surface area contributed by atoms with Gasteiger partial charge in [0.05, 0.1) is 27.7 Å². The zero-order chi connectivity index (χ0) is 46.1. The van der Waals surface area contributed by atoms with Crippen molar-refractivity contribution >= 4 is 19.9 Å². The van der Waals surface area contributed by atoms with Crippen LogP contribution in [0.1, 0.15) is 202 Å². The maximum absolute atomic E-state index is 13.4. The standard InChI is InChI=1S/C52H94NO9P/c1-10-11-12-13-14-15-16-17-18-19-20-21-22-26-49(54)58-38-44(39-60-63(56,57)59-36-35-53(7,8)9)62-50(55)61-43-31-33-51(5)42(37-43)27-28-45-47-30-29-46(41(4)25-23-24-40(2)3)52(47,6)34-32-48(45)51/h27,40-41,43-48H,10-26,28-39H2,1-9H3/p+1/t41-,43?,44+,45?,46-,47?,48?,51+,52-/m0/s1. The number of hydrogen-bond acceptors (Lipinski definition) is 8. The van der Waals surface area contributed by atoms with Gasteiger partial charge in [-0.2, -0.15) is 0 Å². The van der Waals surface area contributed by atoms with Crippen molar-refractivity contribution in [1.82, 2.24) is 0 Å². The van der Waals surface area contributed by atoms with Gasteiger partial charge in [-0.1, -0.05) is 150 Å². The minimum absolute atomic E-state index is 0.00920. The molecule has 10 atom stereocenters. The van der Waals surface area contributed by atoms with Crippen molar-refractivity contribution in [1.29, 1.82) is 0 Å². The van der Waals surface area contributed by atoms with E-state index in [1.807, 2.05) is 21.1 Å². The molecular weight excluding hydrogens is 814 g/mol. The fourth-order valence-corrected chi connectivity index (χ4v) is 13.1. The number of unbranched alkanes of at least 4 members (excludes halogenated alkanes) is 12. The summed E-state index contributed by atoms with van der Waals surface area (Å²) in [5.41, 5.74) is 1.97. The van der Waals surface area contributed by atoms with Crippen molar-refractivity contribution < 1.29 is 46.8 Å². The second kappa shape index (κ2) is 26.2. The number of allylic oxidation sites excluding steroid dienone is 1. The Bertz CT molecular complexity index is 1450. The van der Waals surface area contributed by atoms with Crippen LogP contribution >= 0.6 is 7.82 Å². The van der Waals surface area contributed by atoms with Crippen LogP contribution in [0.5, 0.6) is 0 Å². The van der Waals surface area contributed by atoms with Gasteiger partial charge in [-0.25, -0.2) is 9.36 Å². The Morgan fingerprint density at radius 3 is 2.10 bits per heavy atom. The van der Waals surface area contributed by atoms with Gasteiger partial charge >= 0.3 is 19.9 Å². The molecule has 11 heteroatoms. The summed E-state index contributed by atoms with van der Waals surface area (Å²) >= 11 is 0. The molecule has 3 fully saturated rings. The lowest BCUT2D eigenvalue weighted by molar-refractivity contribution is -0.870. The third kappa shape index (κ3) is 17.6.